The smallest absolute Gasteiger partial charge is 0.395 e. The second kappa shape index (κ2) is 9.20. The van der Waals surface area contributed by atoms with Gasteiger partial charge in [-0.05, 0) is 46.9 Å². The van der Waals surface area contributed by atoms with Crippen LogP contribution in [0, 0.1) is 5.82 Å². The van der Waals surface area contributed by atoms with Crippen LogP contribution < -0.4 is 14.2 Å². The summed E-state index contributed by atoms with van der Waals surface area (Å²) >= 11 is 0. The predicted octanol–water partition coefficient (Wildman–Crippen LogP) is 6.25. The lowest BCUT2D eigenvalue weighted by Crippen LogP contribution is -2.25. The van der Waals surface area contributed by atoms with E-state index in [1.807, 2.05) is 0 Å². The molecule has 0 saturated carbocycles. The highest BCUT2D eigenvalue weighted by Gasteiger charge is 2.44. The number of hydrogen-bond acceptors (Lipinski definition) is 7. The average Bonchev–Trinajstić information content (AvgIpc) is 3.53. The molecule has 0 radical (unpaired) electrons. The molecule has 0 unspecified atom stereocenters. The summed E-state index contributed by atoms with van der Waals surface area (Å²) in [7, 11) is -4.38. The second-order valence-corrected chi connectivity index (χ2v) is 12.1. The number of alkyl halides is 2. The largest absolute Gasteiger partial charge is 0.586 e. The number of ether oxygens (including phenoxy) is 2. The Hall–Kier alpha value is -4.65. The predicted molar refractivity (Wildman–Crippen MR) is 145 cm³/mol. The third-order valence-corrected chi connectivity index (χ3v) is 7.94. The first-order valence-corrected chi connectivity index (χ1v) is 13.8. The molecule has 210 valence electrons. The summed E-state index contributed by atoms with van der Waals surface area (Å²) in [4.78, 5) is 7.04. The molecule has 0 bridgehead atoms. The van der Waals surface area contributed by atoms with Crippen LogP contribution in [0.15, 0.2) is 72.0 Å². The number of anilines is 1. The lowest BCUT2D eigenvalue weighted by Gasteiger charge is -2.20. The molecule has 0 fully saturated rings. The second-order valence-electron chi connectivity index (χ2n) is 10.4. The average molecular weight is 582 g/mol. The molecule has 2 aromatic heterocycles. The molecule has 3 heterocycles. The van der Waals surface area contributed by atoms with Gasteiger partial charge < -0.3 is 14.5 Å². The Labute approximate surface area is 232 Å². The third kappa shape index (κ3) is 4.82. The van der Waals surface area contributed by atoms with Crippen LogP contribution in [0.1, 0.15) is 26.3 Å². The molecular weight excluding hydrogens is 559 g/mol. The zero-order valence-corrected chi connectivity index (χ0v) is 22.7. The number of rotatable bonds is 5. The van der Waals surface area contributed by atoms with Gasteiger partial charge in [0, 0.05) is 28.8 Å². The fourth-order valence-electron chi connectivity index (χ4n) is 4.71. The van der Waals surface area contributed by atoms with Crippen molar-refractivity contribution in [1.29, 1.82) is 0 Å². The van der Waals surface area contributed by atoms with Crippen molar-refractivity contribution in [3.63, 3.8) is 0 Å². The molecule has 2 N–H and O–H groups in total. The van der Waals surface area contributed by atoms with Crippen LogP contribution in [0.3, 0.4) is 0 Å². The van der Waals surface area contributed by atoms with Crippen molar-refractivity contribution in [1.82, 2.24) is 20.2 Å². The van der Waals surface area contributed by atoms with E-state index in [-0.39, 0.29) is 27.6 Å². The topological polar surface area (TPSA) is 119 Å². The molecule has 0 atom stereocenters. The number of nitrogens with one attached hydrogen (secondary N) is 2. The van der Waals surface area contributed by atoms with Crippen molar-refractivity contribution in [2.75, 3.05) is 4.72 Å². The number of H-pyrrole nitrogens is 1. The van der Waals surface area contributed by atoms with Gasteiger partial charge in [0.05, 0.1) is 16.1 Å². The van der Waals surface area contributed by atoms with Crippen molar-refractivity contribution < 1.29 is 31.1 Å². The number of aromatic amines is 1. The van der Waals surface area contributed by atoms with E-state index < -0.39 is 27.6 Å². The molecule has 1 aliphatic rings. The molecule has 6 rings (SSSR count). The fraction of sp³-hybridized carbons (Fsp3) is 0.179. The maximum atomic E-state index is 14.9. The number of halogens is 3. The standard InChI is InChI=1S/C28H22F3N5O4S/c1-27(2,3)20-9-6-15(11-21(20)29)41(37,38)36-22-13-24-23(39-28(30,31)40-24)12-19(22)16-7-8-18(26-33-14-34-35-26)25-17(16)5-4-10-32-25/h4-14,36H,1-3H3,(H,33,34,35). The van der Waals surface area contributed by atoms with Crippen LogP contribution in [-0.2, 0) is 15.4 Å². The van der Waals surface area contributed by atoms with Gasteiger partial charge in [-0.2, -0.15) is 0 Å². The van der Waals surface area contributed by atoms with Crippen molar-refractivity contribution >= 4 is 26.6 Å². The number of aromatic nitrogens is 4. The Kier molecular flexibility index (Phi) is 5.96. The van der Waals surface area contributed by atoms with Gasteiger partial charge in [0.1, 0.15) is 12.1 Å². The number of fused-ring (bicyclic) bond motifs is 2. The number of pyridine rings is 1. The zero-order valence-electron chi connectivity index (χ0n) is 21.9. The van der Waals surface area contributed by atoms with Gasteiger partial charge >= 0.3 is 6.29 Å². The highest BCUT2D eigenvalue weighted by atomic mass is 32.2. The molecule has 0 saturated heterocycles. The molecular formula is C28H22F3N5O4S. The Morgan fingerprint density at radius 3 is 2.37 bits per heavy atom. The highest BCUT2D eigenvalue weighted by molar-refractivity contribution is 7.92. The first-order chi connectivity index (χ1) is 19.3. The maximum absolute atomic E-state index is 14.9. The number of nitrogens with zero attached hydrogens (tertiary/aromatic N) is 3. The van der Waals surface area contributed by atoms with Gasteiger partial charge in [0.15, 0.2) is 17.3 Å². The van der Waals surface area contributed by atoms with Crippen molar-refractivity contribution in [3.8, 4) is 34.0 Å². The number of sulfonamides is 1. The van der Waals surface area contributed by atoms with Crippen LogP contribution in [-0.4, -0.2) is 34.9 Å². The van der Waals surface area contributed by atoms with Crippen LogP contribution in [0.4, 0.5) is 18.9 Å². The van der Waals surface area contributed by atoms with E-state index in [4.69, 9.17) is 0 Å². The molecule has 41 heavy (non-hydrogen) atoms. The monoisotopic (exact) mass is 581 g/mol. The van der Waals surface area contributed by atoms with Crippen molar-refractivity contribution in [2.24, 2.45) is 0 Å². The quantitative estimate of drug-likeness (QED) is 0.252. The van der Waals surface area contributed by atoms with E-state index in [1.165, 1.54) is 24.5 Å². The molecule has 3 aromatic carbocycles. The molecule has 0 spiro atoms. The van der Waals surface area contributed by atoms with Gasteiger partial charge in [-0.1, -0.05) is 39.0 Å². The SMILES string of the molecule is CC(C)(C)c1ccc(S(=O)(=O)Nc2cc3c(cc2-c2ccc(-c4nnc[nH]4)c4ncccc24)OC(F)(F)O3)cc1F. The lowest BCUT2D eigenvalue weighted by atomic mass is 9.87. The zero-order chi connectivity index (χ0) is 29.2. The third-order valence-electron chi connectivity index (χ3n) is 6.58. The van der Waals surface area contributed by atoms with Crippen LogP contribution in [0.2, 0.25) is 0 Å². The Balaban J connectivity index is 1.51. The van der Waals surface area contributed by atoms with E-state index in [0.29, 0.717) is 33.4 Å². The van der Waals surface area contributed by atoms with Crippen molar-refractivity contribution in [3.05, 3.63) is 78.5 Å². The summed E-state index contributed by atoms with van der Waals surface area (Å²) in [5, 5.41) is 8.41. The Morgan fingerprint density at radius 2 is 1.68 bits per heavy atom. The molecule has 1 aliphatic heterocycles. The van der Waals surface area contributed by atoms with Crippen LogP contribution in [0.5, 0.6) is 11.5 Å². The van der Waals surface area contributed by atoms with E-state index in [0.717, 1.165) is 12.1 Å². The van der Waals surface area contributed by atoms with Crippen molar-refractivity contribution in [2.45, 2.75) is 37.4 Å². The van der Waals surface area contributed by atoms with Gasteiger partial charge in [-0.3, -0.25) is 9.71 Å². The first kappa shape index (κ1) is 26.6. The van der Waals surface area contributed by atoms with Gasteiger partial charge in [0.2, 0.25) is 0 Å². The summed E-state index contributed by atoms with van der Waals surface area (Å²) in [6, 6.07) is 12.8. The van der Waals surface area contributed by atoms with E-state index >= 15 is 0 Å². The van der Waals surface area contributed by atoms with Gasteiger partial charge in [-0.25, -0.2) is 12.8 Å². The Morgan fingerprint density at radius 1 is 0.951 bits per heavy atom. The van der Waals surface area contributed by atoms with E-state index in [9.17, 15) is 21.6 Å². The minimum Gasteiger partial charge on any atom is -0.395 e. The summed E-state index contributed by atoms with van der Waals surface area (Å²) in [5.41, 5.74) is 1.45. The van der Waals surface area contributed by atoms with Crippen LogP contribution >= 0.6 is 0 Å². The first-order valence-electron chi connectivity index (χ1n) is 12.3. The van der Waals surface area contributed by atoms with Gasteiger partial charge in [0.25, 0.3) is 10.0 Å². The van der Waals surface area contributed by atoms with Gasteiger partial charge in [-0.15, -0.1) is 19.0 Å². The molecule has 0 aliphatic carbocycles. The van der Waals surface area contributed by atoms with E-state index in [2.05, 4.69) is 34.4 Å². The normalized spacial score (nSPS) is 14.4. The molecule has 0 amide bonds. The minimum absolute atomic E-state index is 0.0945. The molecule has 5 aromatic rings. The summed E-state index contributed by atoms with van der Waals surface area (Å²) < 4.78 is 81.5. The minimum atomic E-state index is -4.38. The summed E-state index contributed by atoms with van der Waals surface area (Å²) in [6.45, 7) is 5.41. The maximum Gasteiger partial charge on any atom is 0.586 e. The highest BCUT2D eigenvalue weighted by Crippen LogP contribution is 2.48. The van der Waals surface area contributed by atoms with E-state index in [1.54, 1.807) is 51.2 Å². The lowest BCUT2D eigenvalue weighted by molar-refractivity contribution is -0.286. The summed E-state index contributed by atoms with van der Waals surface area (Å²) in [6.07, 6.45) is -0.950. The number of benzene rings is 3. The fourth-order valence-corrected chi connectivity index (χ4v) is 5.80. The van der Waals surface area contributed by atoms with Crippen LogP contribution in [0.25, 0.3) is 33.4 Å². The number of hydrogen-bond donors (Lipinski definition) is 2. The molecule has 13 heteroatoms. The Bertz CT molecular complexity index is 1920. The molecule has 9 nitrogen and oxygen atoms in total. The summed E-state index contributed by atoms with van der Waals surface area (Å²) in [5.74, 6) is -0.894.